The highest BCUT2D eigenvalue weighted by molar-refractivity contribution is 5.72. The molecule has 0 saturated carbocycles. The van der Waals surface area contributed by atoms with Crippen molar-refractivity contribution >= 4 is 17.1 Å². The number of aryl methyl sites for hydroxylation is 1. The van der Waals surface area contributed by atoms with Crippen LogP contribution in [0.5, 0.6) is 0 Å². The maximum Gasteiger partial charge on any atom is 0.329 e. The molecule has 2 aromatic heterocycles. The quantitative estimate of drug-likeness (QED) is 0.755. The van der Waals surface area contributed by atoms with Crippen molar-refractivity contribution in [3.8, 4) is 0 Å². The van der Waals surface area contributed by atoms with E-state index in [9.17, 15) is 9.59 Å². The minimum absolute atomic E-state index is 0.350. The van der Waals surface area contributed by atoms with E-state index in [-0.39, 0.29) is 0 Å². The first-order valence-corrected chi connectivity index (χ1v) is 8.59. The minimum atomic E-state index is -0.447. The summed E-state index contributed by atoms with van der Waals surface area (Å²) in [6.07, 6.45) is 3.27. The number of piperidine rings is 1. The average Bonchev–Trinajstić information content (AvgIpc) is 3.07. The summed E-state index contributed by atoms with van der Waals surface area (Å²) in [6.45, 7) is 1.78. The fourth-order valence-corrected chi connectivity index (χ4v) is 3.54. The smallest absolute Gasteiger partial charge is 0.329 e. The molecule has 7 heteroatoms. The second kappa shape index (κ2) is 6.23. The number of anilines is 1. The maximum absolute atomic E-state index is 11.9. The third kappa shape index (κ3) is 2.97. The number of aromatic amines is 2. The molecule has 3 heterocycles. The standard InChI is InChI=1S/C18H21N5O2/c1-22-15-14(16(24)21-18(22)25)19-17(20-15)23-9-7-13(8-10-23)11-12-5-3-2-4-6-12/h2-6,13H,7-11H2,1H3,(H,19,20)(H,21,24,25). The molecule has 2 N–H and O–H groups in total. The molecule has 25 heavy (non-hydrogen) atoms. The van der Waals surface area contributed by atoms with Gasteiger partial charge in [0.1, 0.15) is 0 Å². The van der Waals surface area contributed by atoms with Crippen molar-refractivity contribution in [3.05, 3.63) is 56.7 Å². The van der Waals surface area contributed by atoms with Gasteiger partial charge < -0.3 is 9.88 Å². The number of nitrogens with zero attached hydrogens (tertiary/aromatic N) is 3. The molecule has 1 aliphatic rings. The molecular formula is C18H21N5O2. The lowest BCUT2D eigenvalue weighted by atomic mass is 9.90. The lowest BCUT2D eigenvalue weighted by Gasteiger charge is -2.31. The van der Waals surface area contributed by atoms with Gasteiger partial charge in [-0.1, -0.05) is 30.3 Å². The highest BCUT2D eigenvalue weighted by Crippen LogP contribution is 2.24. The molecular weight excluding hydrogens is 318 g/mol. The van der Waals surface area contributed by atoms with Gasteiger partial charge in [-0.25, -0.2) is 4.79 Å². The minimum Gasteiger partial charge on any atom is -0.342 e. The van der Waals surface area contributed by atoms with Crippen molar-refractivity contribution in [1.82, 2.24) is 19.5 Å². The molecule has 0 atom stereocenters. The number of hydrogen-bond donors (Lipinski definition) is 2. The van der Waals surface area contributed by atoms with Crippen LogP contribution in [-0.4, -0.2) is 32.6 Å². The Balaban J connectivity index is 1.50. The summed E-state index contributed by atoms with van der Waals surface area (Å²) >= 11 is 0. The lowest BCUT2D eigenvalue weighted by Crippen LogP contribution is -2.35. The number of nitrogens with one attached hydrogen (secondary N) is 2. The van der Waals surface area contributed by atoms with E-state index >= 15 is 0 Å². The van der Waals surface area contributed by atoms with Gasteiger partial charge in [0.25, 0.3) is 5.56 Å². The molecule has 4 rings (SSSR count). The van der Waals surface area contributed by atoms with E-state index in [1.54, 1.807) is 7.05 Å². The number of H-pyrrole nitrogens is 2. The second-order valence-electron chi connectivity index (χ2n) is 6.70. The van der Waals surface area contributed by atoms with Crippen LogP contribution in [0, 0.1) is 5.92 Å². The summed E-state index contributed by atoms with van der Waals surface area (Å²) in [4.78, 5) is 35.7. The monoisotopic (exact) mass is 339 g/mol. The summed E-state index contributed by atoms with van der Waals surface area (Å²) < 4.78 is 1.36. The Labute approximate surface area is 144 Å². The van der Waals surface area contributed by atoms with Gasteiger partial charge in [0.2, 0.25) is 5.95 Å². The van der Waals surface area contributed by atoms with Crippen molar-refractivity contribution < 1.29 is 0 Å². The molecule has 0 spiro atoms. The normalized spacial score (nSPS) is 15.8. The van der Waals surface area contributed by atoms with Crippen molar-refractivity contribution in [3.63, 3.8) is 0 Å². The first-order valence-electron chi connectivity index (χ1n) is 8.59. The SMILES string of the molecule is Cn1c(=O)[nH]c(=O)c2[nH]c(N3CCC(Cc4ccccc4)CC3)nc21. The van der Waals surface area contributed by atoms with Gasteiger partial charge in [-0.2, -0.15) is 4.98 Å². The largest absolute Gasteiger partial charge is 0.342 e. The Morgan fingerprint density at radius 2 is 1.84 bits per heavy atom. The van der Waals surface area contributed by atoms with Crippen LogP contribution in [0.1, 0.15) is 18.4 Å². The Morgan fingerprint density at radius 1 is 1.12 bits per heavy atom. The van der Waals surface area contributed by atoms with Gasteiger partial charge in [0, 0.05) is 20.1 Å². The van der Waals surface area contributed by atoms with Crippen LogP contribution in [-0.2, 0) is 13.5 Å². The van der Waals surface area contributed by atoms with E-state index in [0.29, 0.717) is 23.0 Å². The number of imidazole rings is 1. The van der Waals surface area contributed by atoms with Gasteiger partial charge in [-0.15, -0.1) is 0 Å². The fraction of sp³-hybridized carbons (Fsp3) is 0.389. The fourth-order valence-electron chi connectivity index (χ4n) is 3.54. The van der Waals surface area contributed by atoms with E-state index in [2.05, 4.69) is 44.1 Å². The topological polar surface area (TPSA) is 86.8 Å². The number of rotatable bonds is 3. The van der Waals surface area contributed by atoms with E-state index in [1.165, 1.54) is 10.1 Å². The Kier molecular flexibility index (Phi) is 3.91. The summed E-state index contributed by atoms with van der Waals surface area (Å²) in [5.41, 5.74) is 1.26. The molecule has 0 amide bonds. The Morgan fingerprint density at radius 3 is 2.56 bits per heavy atom. The molecule has 1 fully saturated rings. The van der Waals surface area contributed by atoms with Crippen molar-refractivity contribution in [2.45, 2.75) is 19.3 Å². The third-order valence-corrected chi connectivity index (χ3v) is 5.02. The van der Waals surface area contributed by atoms with E-state index < -0.39 is 11.2 Å². The van der Waals surface area contributed by atoms with Crippen LogP contribution >= 0.6 is 0 Å². The maximum atomic E-state index is 11.9. The zero-order chi connectivity index (χ0) is 17.4. The highest BCUT2D eigenvalue weighted by atomic mass is 16.2. The Hall–Kier alpha value is -2.83. The predicted octanol–water partition coefficient (Wildman–Crippen LogP) is 1.41. The molecule has 1 aromatic carbocycles. The van der Waals surface area contributed by atoms with Gasteiger partial charge >= 0.3 is 5.69 Å². The van der Waals surface area contributed by atoms with Crippen LogP contribution in [0.4, 0.5) is 5.95 Å². The van der Waals surface area contributed by atoms with Crippen molar-refractivity contribution in [2.24, 2.45) is 13.0 Å². The molecule has 1 saturated heterocycles. The van der Waals surface area contributed by atoms with Crippen LogP contribution in [0.2, 0.25) is 0 Å². The Bertz CT molecular complexity index is 994. The second-order valence-corrected chi connectivity index (χ2v) is 6.70. The zero-order valence-corrected chi connectivity index (χ0v) is 14.2. The third-order valence-electron chi connectivity index (χ3n) is 5.02. The zero-order valence-electron chi connectivity index (χ0n) is 14.2. The van der Waals surface area contributed by atoms with Gasteiger partial charge in [0.15, 0.2) is 11.2 Å². The van der Waals surface area contributed by atoms with E-state index in [1.807, 2.05) is 6.07 Å². The molecule has 7 nitrogen and oxygen atoms in total. The van der Waals surface area contributed by atoms with E-state index in [4.69, 9.17) is 0 Å². The van der Waals surface area contributed by atoms with Crippen molar-refractivity contribution in [1.29, 1.82) is 0 Å². The highest BCUT2D eigenvalue weighted by Gasteiger charge is 2.22. The van der Waals surface area contributed by atoms with Crippen LogP contribution in [0.3, 0.4) is 0 Å². The van der Waals surface area contributed by atoms with Crippen LogP contribution < -0.4 is 16.1 Å². The molecule has 0 unspecified atom stereocenters. The van der Waals surface area contributed by atoms with Crippen LogP contribution in [0.25, 0.3) is 11.2 Å². The number of benzene rings is 1. The van der Waals surface area contributed by atoms with Gasteiger partial charge in [-0.05, 0) is 30.7 Å². The molecule has 1 aliphatic heterocycles. The number of hydrogen-bond acceptors (Lipinski definition) is 4. The van der Waals surface area contributed by atoms with Crippen LogP contribution in [0.15, 0.2) is 39.9 Å². The summed E-state index contributed by atoms with van der Waals surface area (Å²) in [5, 5.41) is 0. The van der Waals surface area contributed by atoms with E-state index in [0.717, 1.165) is 32.4 Å². The predicted molar refractivity (Wildman–Crippen MR) is 97.0 cm³/mol. The van der Waals surface area contributed by atoms with Crippen molar-refractivity contribution in [2.75, 3.05) is 18.0 Å². The van der Waals surface area contributed by atoms with Gasteiger partial charge in [-0.3, -0.25) is 14.3 Å². The summed E-state index contributed by atoms with van der Waals surface area (Å²) in [5.74, 6) is 1.33. The lowest BCUT2D eigenvalue weighted by molar-refractivity contribution is 0.401. The molecule has 0 aliphatic carbocycles. The first kappa shape index (κ1) is 15.7. The number of fused-ring (bicyclic) bond motifs is 1. The summed E-state index contributed by atoms with van der Waals surface area (Å²) in [7, 11) is 1.61. The molecule has 3 aromatic rings. The molecule has 0 radical (unpaired) electrons. The number of aromatic nitrogens is 4. The molecule has 0 bridgehead atoms. The van der Waals surface area contributed by atoms with Gasteiger partial charge in [0.05, 0.1) is 0 Å². The first-order chi connectivity index (χ1) is 12.1. The average molecular weight is 339 g/mol. The molecule has 130 valence electrons. The summed E-state index contributed by atoms with van der Waals surface area (Å²) in [6, 6.07) is 10.6.